The maximum absolute atomic E-state index is 13.1. The minimum absolute atomic E-state index is 0.210. The second kappa shape index (κ2) is 8.46. The van der Waals surface area contributed by atoms with Crippen LogP contribution in [0.4, 0.5) is 11.4 Å². The molecule has 33 heavy (non-hydrogen) atoms. The predicted octanol–water partition coefficient (Wildman–Crippen LogP) is 3.51. The van der Waals surface area contributed by atoms with Crippen LogP contribution in [0.5, 0.6) is 0 Å². The lowest BCUT2D eigenvalue weighted by Gasteiger charge is -2.14. The zero-order valence-electron chi connectivity index (χ0n) is 17.5. The van der Waals surface area contributed by atoms with Crippen molar-refractivity contribution in [2.24, 2.45) is 4.99 Å². The van der Waals surface area contributed by atoms with E-state index in [1.807, 2.05) is 54.6 Å². The molecule has 162 valence electrons. The van der Waals surface area contributed by atoms with Gasteiger partial charge in [-0.15, -0.1) is 10.2 Å². The van der Waals surface area contributed by atoms with Gasteiger partial charge in [-0.1, -0.05) is 36.4 Å². The van der Waals surface area contributed by atoms with Crippen LogP contribution in [-0.4, -0.2) is 45.3 Å². The number of esters is 1. The molecule has 1 aliphatic rings. The lowest BCUT2D eigenvalue weighted by Crippen LogP contribution is -2.21. The number of hydrogen-bond acceptors (Lipinski definition) is 7. The van der Waals surface area contributed by atoms with E-state index in [1.54, 1.807) is 18.2 Å². The molecule has 1 aliphatic heterocycles. The van der Waals surface area contributed by atoms with Crippen LogP contribution in [-0.2, 0) is 9.53 Å². The van der Waals surface area contributed by atoms with Gasteiger partial charge in [0.2, 0.25) is 11.7 Å². The van der Waals surface area contributed by atoms with Crippen molar-refractivity contribution in [1.82, 2.24) is 20.6 Å². The second-order valence-electron chi connectivity index (χ2n) is 7.36. The molecular weight excluding hydrogens is 420 g/mol. The maximum atomic E-state index is 13.1. The Labute approximate surface area is 188 Å². The third-order valence-electron chi connectivity index (χ3n) is 5.37. The minimum Gasteiger partial charge on any atom is -0.465 e. The van der Waals surface area contributed by atoms with Crippen molar-refractivity contribution in [3.8, 4) is 11.4 Å². The van der Waals surface area contributed by atoms with Crippen molar-refractivity contribution in [3.63, 3.8) is 0 Å². The summed E-state index contributed by atoms with van der Waals surface area (Å²) in [7, 11) is 1.32. The number of ether oxygens (including phenoxy) is 1. The van der Waals surface area contributed by atoms with Crippen molar-refractivity contribution in [1.29, 1.82) is 0 Å². The summed E-state index contributed by atoms with van der Waals surface area (Å²) in [5.41, 5.74) is 4.58. The van der Waals surface area contributed by atoms with Gasteiger partial charge in [0, 0.05) is 11.3 Å². The molecule has 0 bridgehead atoms. The Kier molecular flexibility index (Phi) is 5.19. The van der Waals surface area contributed by atoms with Gasteiger partial charge in [0.25, 0.3) is 0 Å². The highest BCUT2D eigenvalue weighted by Gasteiger charge is 2.36. The average molecular weight is 438 g/mol. The van der Waals surface area contributed by atoms with Crippen LogP contribution in [0.3, 0.4) is 0 Å². The fourth-order valence-electron chi connectivity index (χ4n) is 3.79. The van der Waals surface area contributed by atoms with Crippen molar-refractivity contribution < 1.29 is 14.3 Å². The van der Waals surface area contributed by atoms with Gasteiger partial charge in [0.15, 0.2) is 0 Å². The Morgan fingerprint density at radius 1 is 1.00 bits per heavy atom. The minimum atomic E-state index is -0.633. The summed E-state index contributed by atoms with van der Waals surface area (Å²) in [6.07, 6.45) is 0. The van der Waals surface area contributed by atoms with E-state index < -0.39 is 11.9 Å². The first-order valence-electron chi connectivity index (χ1n) is 10.1. The quantitative estimate of drug-likeness (QED) is 0.363. The molecular formula is C24H18N6O3. The summed E-state index contributed by atoms with van der Waals surface area (Å²) < 4.78 is 4.79. The van der Waals surface area contributed by atoms with Gasteiger partial charge < -0.3 is 10.1 Å². The van der Waals surface area contributed by atoms with E-state index in [1.165, 1.54) is 7.11 Å². The van der Waals surface area contributed by atoms with Crippen molar-refractivity contribution >= 4 is 29.0 Å². The Morgan fingerprint density at radius 3 is 2.48 bits per heavy atom. The highest BCUT2D eigenvalue weighted by Crippen LogP contribution is 2.37. The topological polar surface area (TPSA) is 122 Å². The Bertz CT molecular complexity index is 1350. The Hall–Kier alpha value is -4.66. The number of benzene rings is 3. The number of fused-ring (bicyclic) bond motifs is 1. The molecule has 9 nitrogen and oxygen atoms in total. The predicted molar refractivity (Wildman–Crippen MR) is 121 cm³/mol. The van der Waals surface area contributed by atoms with Crippen molar-refractivity contribution in [3.05, 3.63) is 89.5 Å². The summed E-state index contributed by atoms with van der Waals surface area (Å²) in [5, 5.41) is 16.8. The van der Waals surface area contributed by atoms with Gasteiger partial charge in [-0.25, -0.2) is 4.79 Å². The van der Waals surface area contributed by atoms with Crippen LogP contribution < -0.4 is 5.32 Å². The molecule has 0 spiro atoms. The summed E-state index contributed by atoms with van der Waals surface area (Å²) in [4.78, 5) is 29.8. The third-order valence-corrected chi connectivity index (χ3v) is 5.37. The maximum Gasteiger partial charge on any atom is 0.337 e. The lowest BCUT2D eigenvalue weighted by molar-refractivity contribution is -0.115. The number of anilines is 1. The number of aliphatic imine (C=N–C) groups is 1. The number of tetrazole rings is 1. The highest BCUT2D eigenvalue weighted by molar-refractivity contribution is 6.24. The Morgan fingerprint density at radius 2 is 1.79 bits per heavy atom. The molecule has 2 heterocycles. The van der Waals surface area contributed by atoms with E-state index in [2.05, 4.69) is 25.9 Å². The molecule has 1 atom stereocenters. The number of methoxy groups -OCH3 is 1. The monoisotopic (exact) mass is 438 g/mol. The van der Waals surface area contributed by atoms with E-state index in [0.717, 1.165) is 16.7 Å². The van der Waals surface area contributed by atoms with Crippen LogP contribution in [0, 0.1) is 0 Å². The SMILES string of the molecule is COC(=O)c1ccc2c(c1)NC(=O)C2C(=Nc1ccc(-c2nn[nH]n2)cc1)c1ccccc1. The first-order valence-corrected chi connectivity index (χ1v) is 10.1. The molecule has 0 fully saturated rings. The van der Waals surface area contributed by atoms with Gasteiger partial charge in [-0.3, -0.25) is 9.79 Å². The van der Waals surface area contributed by atoms with Gasteiger partial charge in [0.1, 0.15) is 5.92 Å². The zero-order chi connectivity index (χ0) is 22.8. The number of H-pyrrole nitrogens is 1. The van der Waals surface area contributed by atoms with E-state index in [0.29, 0.717) is 28.5 Å². The molecule has 9 heteroatoms. The van der Waals surface area contributed by atoms with Crippen LogP contribution in [0.15, 0.2) is 77.8 Å². The van der Waals surface area contributed by atoms with Crippen molar-refractivity contribution in [2.45, 2.75) is 5.92 Å². The molecule has 0 aliphatic carbocycles. The Balaban J connectivity index is 1.57. The largest absolute Gasteiger partial charge is 0.465 e. The molecule has 0 saturated heterocycles. The standard InChI is InChI=1S/C24H18N6O3/c1-33-24(32)16-9-12-18-19(13-16)26-23(31)20(18)21(14-5-3-2-4-6-14)25-17-10-7-15(8-11-17)22-27-29-30-28-22/h2-13,20H,1H3,(H,26,31)(H,27,28,29,30). The summed E-state index contributed by atoms with van der Waals surface area (Å²) in [6.45, 7) is 0. The van der Waals surface area contributed by atoms with Gasteiger partial charge in [0.05, 0.1) is 24.1 Å². The number of rotatable bonds is 5. The average Bonchev–Trinajstić information content (AvgIpc) is 3.50. The summed E-state index contributed by atoms with van der Waals surface area (Å²) >= 11 is 0. The van der Waals surface area contributed by atoms with Gasteiger partial charge >= 0.3 is 5.97 Å². The van der Waals surface area contributed by atoms with E-state index >= 15 is 0 Å². The number of amides is 1. The molecule has 5 rings (SSSR count). The molecule has 2 N–H and O–H groups in total. The first kappa shape index (κ1) is 20.3. The summed E-state index contributed by atoms with van der Waals surface area (Å²) in [5.74, 6) is -0.822. The molecule has 1 unspecified atom stereocenters. The van der Waals surface area contributed by atoms with E-state index in [4.69, 9.17) is 9.73 Å². The molecule has 4 aromatic rings. The second-order valence-corrected chi connectivity index (χ2v) is 7.36. The van der Waals surface area contributed by atoms with Crippen LogP contribution in [0.25, 0.3) is 11.4 Å². The molecule has 1 aromatic heterocycles. The number of aromatic amines is 1. The fourth-order valence-corrected chi connectivity index (χ4v) is 3.79. The van der Waals surface area contributed by atoms with Gasteiger partial charge in [-0.2, -0.15) is 5.21 Å². The number of nitrogens with zero attached hydrogens (tertiary/aromatic N) is 4. The molecule has 0 radical (unpaired) electrons. The molecule has 1 amide bonds. The van der Waals surface area contributed by atoms with Crippen LogP contribution in [0.1, 0.15) is 27.4 Å². The van der Waals surface area contributed by atoms with Crippen LogP contribution >= 0.6 is 0 Å². The third kappa shape index (κ3) is 3.87. The number of carbonyl (C=O) groups excluding carboxylic acids is 2. The normalized spacial score (nSPS) is 15.1. The van der Waals surface area contributed by atoms with Crippen molar-refractivity contribution in [2.75, 3.05) is 12.4 Å². The number of aromatic nitrogens is 4. The zero-order valence-corrected chi connectivity index (χ0v) is 17.5. The molecule has 3 aromatic carbocycles. The van der Waals surface area contributed by atoms with E-state index in [-0.39, 0.29) is 5.91 Å². The highest BCUT2D eigenvalue weighted by atomic mass is 16.5. The molecule has 0 saturated carbocycles. The smallest absolute Gasteiger partial charge is 0.337 e. The number of carbonyl (C=O) groups is 2. The fraction of sp³-hybridized carbons (Fsp3) is 0.0833. The number of nitrogens with one attached hydrogen (secondary N) is 2. The summed E-state index contributed by atoms with van der Waals surface area (Å²) in [6, 6.07) is 22.0. The van der Waals surface area contributed by atoms with Crippen LogP contribution in [0.2, 0.25) is 0 Å². The lowest BCUT2D eigenvalue weighted by atomic mass is 9.90. The first-order chi connectivity index (χ1) is 16.1. The van der Waals surface area contributed by atoms with E-state index in [9.17, 15) is 9.59 Å². The van der Waals surface area contributed by atoms with Gasteiger partial charge in [-0.05, 0) is 52.7 Å². The number of hydrogen-bond donors (Lipinski definition) is 2.